The molecular weight excluding hydrogens is 344 g/mol. The minimum Gasteiger partial charge on any atom is -0.487 e. The maximum Gasteiger partial charge on any atom is 0.191 e. The number of aromatic nitrogens is 1. The van der Waals surface area contributed by atoms with Gasteiger partial charge in [-0.25, -0.2) is 4.98 Å². The van der Waals surface area contributed by atoms with Crippen LogP contribution in [0.1, 0.15) is 49.5 Å². The van der Waals surface area contributed by atoms with Gasteiger partial charge in [-0.15, -0.1) is 11.3 Å². The lowest BCUT2D eigenvalue weighted by atomic mass is 9.90. The van der Waals surface area contributed by atoms with E-state index in [1.807, 2.05) is 19.2 Å². The molecule has 1 unspecified atom stereocenters. The van der Waals surface area contributed by atoms with Crippen molar-refractivity contribution in [2.75, 3.05) is 13.6 Å². The number of hydrogen-bond donors (Lipinski definition) is 2. The van der Waals surface area contributed by atoms with Crippen molar-refractivity contribution in [2.45, 2.75) is 51.7 Å². The lowest BCUT2D eigenvalue weighted by Gasteiger charge is -2.38. The van der Waals surface area contributed by atoms with Crippen LogP contribution in [0, 0.1) is 0 Å². The quantitative estimate of drug-likeness (QED) is 0.620. The molecule has 0 aliphatic carbocycles. The van der Waals surface area contributed by atoms with Crippen molar-refractivity contribution >= 4 is 17.3 Å². The molecule has 2 aromatic rings. The maximum absolute atomic E-state index is 6.11. The summed E-state index contributed by atoms with van der Waals surface area (Å²) in [4.78, 5) is 9.01. The van der Waals surface area contributed by atoms with E-state index in [1.165, 1.54) is 10.6 Å². The monoisotopic (exact) mass is 372 g/mol. The Balaban J connectivity index is 1.61. The Morgan fingerprint density at radius 3 is 2.92 bits per heavy atom. The lowest BCUT2D eigenvalue weighted by molar-refractivity contribution is 0.0694. The number of nitrogens with zero attached hydrogens (tertiary/aromatic N) is 2. The van der Waals surface area contributed by atoms with Gasteiger partial charge in [-0.2, -0.15) is 0 Å². The largest absolute Gasteiger partial charge is 0.487 e. The number of aryl methyl sites for hydroxylation is 1. The van der Waals surface area contributed by atoms with Crippen molar-refractivity contribution in [1.82, 2.24) is 15.6 Å². The van der Waals surface area contributed by atoms with E-state index in [4.69, 9.17) is 4.74 Å². The van der Waals surface area contributed by atoms with Gasteiger partial charge >= 0.3 is 0 Å². The van der Waals surface area contributed by atoms with Gasteiger partial charge in [0.25, 0.3) is 0 Å². The van der Waals surface area contributed by atoms with E-state index in [2.05, 4.69) is 58.9 Å². The number of thiazole rings is 1. The van der Waals surface area contributed by atoms with Crippen LogP contribution in [0.5, 0.6) is 5.75 Å². The average molecular weight is 373 g/mol. The summed E-state index contributed by atoms with van der Waals surface area (Å²) in [7, 11) is 1.81. The highest BCUT2D eigenvalue weighted by molar-refractivity contribution is 7.09. The summed E-state index contributed by atoms with van der Waals surface area (Å²) in [6.45, 7) is 7.20. The Hall–Kier alpha value is -2.08. The first-order valence-corrected chi connectivity index (χ1v) is 10.1. The Morgan fingerprint density at radius 2 is 2.19 bits per heavy atom. The highest BCUT2D eigenvalue weighted by atomic mass is 32.1. The average Bonchev–Trinajstić information content (AvgIpc) is 3.07. The number of benzene rings is 1. The first-order valence-electron chi connectivity index (χ1n) is 9.19. The van der Waals surface area contributed by atoms with Crippen LogP contribution in [-0.2, 0) is 12.8 Å². The summed E-state index contributed by atoms with van der Waals surface area (Å²) in [5.41, 5.74) is 2.12. The van der Waals surface area contributed by atoms with Crippen LogP contribution in [0.2, 0.25) is 0 Å². The Morgan fingerprint density at radius 1 is 1.38 bits per heavy atom. The number of guanidine groups is 1. The van der Waals surface area contributed by atoms with Gasteiger partial charge < -0.3 is 15.4 Å². The third-order valence-corrected chi connectivity index (χ3v) is 5.53. The third kappa shape index (κ3) is 4.55. The fourth-order valence-electron chi connectivity index (χ4n) is 3.23. The molecule has 0 spiro atoms. The molecule has 1 atom stereocenters. The van der Waals surface area contributed by atoms with Gasteiger partial charge in [0.2, 0.25) is 0 Å². The molecule has 0 bridgehead atoms. The molecule has 1 aromatic carbocycles. The molecule has 0 amide bonds. The molecule has 0 saturated carbocycles. The minimum absolute atomic E-state index is 0.173. The predicted molar refractivity (Wildman–Crippen MR) is 108 cm³/mol. The zero-order valence-electron chi connectivity index (χ0n) is 16.0. The van der Waals surface area contributed by atoms with Crippen molar-refractivity contribution in [3.63, 3.8) is 0 Å². The number of para-hydroxylation sites is 1. The van der Waals surface area contributed by atoms with Crippen LogP contribution >= 0.6 is 11.3 Å². The van der Waals surface area contributed by atoms with Crippen LogP contribution in [0.4, 0.5) is 0 Å². The molecule has 2 N–H and O–H groups in total. The lowest BCUT2D eigenvalue weighted by Crippen LogP contribution is -2.45. The number of hydrogen-bond acceptors (Lipinski definition) is 4. The molecule has 0 saturated heterocycles. The molecule has 5 nitrogen and oxygen atoms in total. The highest BCUT2D eigenvalue weighted by Gasteiger charge is 2.33. The second kappa shape index (κ2) is 8.08. The SMILES string of the molecule is CCc1nc(CCNC(=NC)NC2CC(C)(C)Oc3ccccc32)cs1. The summed E-state index contributed by atoms with van der Waals surface area (Å²) >= 11 is 1.74. The summed E-state index contributed by atoms with van der Waals surface area (Å²) in [5, 5.41) is 10.3. The molecule has 6 heteroatoms. The molecular formula is C20H28N4OS. The van der Waals surface area contributed by atoms with E-state index >= 15 is 0 Å². The van der Waals surface area contributed by atoms with E-state index in [0.717, 1.165) is 43.2 Å². The molecule has 3 rings (SSSR count). The molecule has 2 heterocycles. The van der Waals surface area contributed by atoms with Crippen LogP contribution in [0.3, 0.4) is 0 Å². The van der Waals surface area contributed by atoms with Gasteiger partial charge in [-0.3, -0.25) is 4.99 Å². The summed E-state index contributed by atoms with van der Waals surface area (Å²) < 4.78 is 6.11. The fourth-order valence-corrected chi connectivity index (χ4v) is 4.01. The van der Waals surface area contributed by atoms with Gasteiger partial charge in [-0.05, 0) is 26.3 Å². The van der Waals surface area contributed by atoms with Crippen molar-refractivity contribution in [3.05, 3.63) is 45.9 Å². The number of rotatable bonds is 5. The number of nitrogens with one attached hydrogen (secondary N) is 2. The first kappa shape index (κ1) is 18.7. The van der Waals surface area contributed by atoms with Gasteiger partial charge in [0.05, 0.1) is 16.7 Å². The topological polar surface area (TPSA) is 58.5 Å². The van der Waals surface area contributed by atoms with Crippen molar-refractivity contribution in [3.8, 4) is 5.75 Å². The molecule has 0 fully saturated rings. The predicted octanol–water partition coefficient (Wildman–Crippen LogP) is 3.72. The van der Waals surface area contributed by atoms with Crippen LogP contribution < -0.4 is 15.4 Å². The number of aliphatic imine (C=N–C) groups is 1. The van der Waals surface area contributed by atoms with Crippen LogP contribution in [0.25, 0.3) is 0 Å². The van der Waals surface area contributed by atoms with Gasteiger partial charge in [0, 0.05) is 37.4 Å². The molecule has 1 aliphatic heterocycles. The van der Waals surface area contributed by atoms with Crippen molar-refractivity contribution < 1.29 is 4.74 Å². The second-order valence-corrected chi connectivity index (χ2v) is 8.08. The van der Waals surface area contributed by atoms with E-state index in [1.54, 1.807) is 11.3 Å². The van der Waals surface area contributed by atoms with Gasteiger partial charge in [0.1, 0.15) is 11.4 Å². The number of ether oxygens (including phenoxy) is 1. The van der Waals surface area contributed by atoms with E-state index in [0.29, 0.717) is 0 Å². The zero-order valence-corrected chi connectivity index (χ0v) is 16.8. The van der Waals surface area contributed by atoms with E-state index in [9.17, 15) is 0 Å². The first-order chi connectivity index (χ1) is 12.5. The normalized spacial score (nSPS) is 18.8. The smallest absolute Gasteiger partial charge is 0.191 e. The third-order valence-electron chi connectivity index (χ3n) is 4.49. The van der Waals surface area contributed by atoms with Crippen molar-refractivity contribution in [2.24, 2.45) is 4.99 Å². The van der Waals surface area contributed by atoms with Crippen LogP contribution in [0.15, 0.2) is 34.6 Å². The summed E-state index contributed by atoms with van der Waals surface area (Å²) in [6, 6.07) is 8.40. The molecule has 1 aromatic heterocycles. The van der Waals surface area contributed by atoms with Crippen molar-refractivity contribution in [1.29, 1.82) is 0 Å². The Labute approximate surface area is 159 Å². The highest BCUT2D eigenvalue weighted by Crippen LogP contribution is 2.39. The Bertz CT molecular complexity index is 769. The van der Waals surface area contributed by atoms with Gasteiger partial charge in [-0.1, -0.05) is 25.1 Å². The maximum atomic E-state index is 6.11. The standard InChI is InChI=1S/C20H28N4OS/c1-5-18-23-14(13-26-18)10-11-22-19(21-4)24-16-12-20(2,3)25-17-9-7-6-8-15(16)17/h6-9,13,16H,5,10-12H2,1-4H3,(H2,21,22,24). The van der Waals surface area contributed by atoms with Gasteiger partial charge in [0.15, 0.2) is 5.96 Å². The summed E-state index contributed by atoms with van der Waals surface area (Å²) in [6.07, 6.45) is 2.78. The molecule has 140 valence electrons. The zero-order chi connectivity index (χ0) is 18.6. The van der Waals surface area contributed by atoms with E-state index < -0.39 is 0 Å². The second-order valence-electron chi connectivity index (χ2n) is 7.14. The molecule has 0 radical (unpaired) electrons. The Kier molecular flexibility index (Phi) is 5.81. The number of fused-ring (bicyclic) bond motifs is 1. The van der Waals surface area contributed by atoms with Crippen LogP contribution in [-0.4, -0.2) is 30.1 Å². The summed E-state index contributed by atoms with van der Waals surface area (Å²) in [5.74, 6) is 1.76. The minimum atomic E-state index is -0.206. The fraction of sp³-hybridized carbons (Fsp3) is 0.500. The molecule has 1 aliphatic rings. The molecule has 26 heavy (non-hydrogen) atoms. The van der Waals surface area contributed by atoms with E-state index in [-0.39, 0.29) is 11.6 Å².